The van der Waals surface area contributed by atoms with Crippen molar-refractivity contribution in [2.24, 2.45) is 0 Å². The summed E-state index contributed by atoms with van der Waals surface area (Å²) in [6, 6.07) is 14.5. The van der Waals surface area contributed by atoms with Crippen molar-refractivity contribution in [1.82, 2.24) is 14.7 Å². The maximum Gasteiger partial charge on any atom is 0.292 e. The molecule has 0 radical (unpaired) electrons. The second kappa shape index (κ2) is 8.26. The topological polar surface area (TPSA) is 84.7 Å². The molecular weight excluding hydrogens is 332 g/mol. The SMILES string of the molecule is COCCCNC(=O)c1nc(C(=O)Nc2ccccc2)n2ccccc12. The van der Waals surface area contributed by atoms with Crippen LogP contribution in [0.15, 0.2) is 54.7 Å². The summed E-state index contributed by atoms with van der Waals surface area (Å²) in [6.07, 6.45) is 2.42. The number of anilines is 1. The molecule has 2 aromatic heterocycles. The van der Waals surface area contributed by atoms with Crippen LogP contribution in [0.1, 0.15) is 27.5 Å². The number of benzene rings is 1. The molecule has 0 aliphatic carbocycles. The van der Waals surface area contributed by atoms with Gasteiger partial charge in [-0.1, -0.05) is 24.3 Å². The number of pyridine rings is 1. The molecule has 0 atom stereocenters. The minimum absolute atomic E-state index is 0.159. The molecule has 0 fully saturated rings. The number of nitrogens with zero attached hydrogens (tertiary/aromatic N) is 2. The summed E-state index contributed by atoms with van der Waals surface area (Å²) in [7, 11) is 1.61. The van der Waals surface area contributed by atoms with Crippen LogP contribution >= 0.6 is 0 Å². The number of amides is 2. The third-order valence-corrected chi connectivity index (χ3v) is 3.81. The van der Waals surface area contributed by atoms with Gasteiger partial charge in [-0.05, 0) is 30.7 Å². The molecule has 2 amide bonds. The van der Waals surface area contributed by atoms with Crippen molar-refractivity contribution in [3.05, 3.63) is 66.2 Å². The number of carbonyl (C=O) groups excluding carboxylic acids is 2. The van der Waals surface area contributed by atoms with Crippen LogP contribution in [0.25, 0.3) is 5.52 Å². The molecule has 2 N–H and O–H groups in total. The number of nitrogens with one attached hydrogen (secondary N) is 2. The van der Waals surface area contributed by atoms with Gasteiger partial charge in [-0.15, -0.1) is 0 Å². The van der Waals surface area contributed by atoms with Gasteiger partial charge in [0.1, 0.15) is 0 Å². The average Bonchev–Trinajstić information content (AvgIpc) is 3.06. The molecule has 134 valence electrons. The van der Waals surface area contributed by atoms with Gasteiger partial charge in [-0.2, -0.15) is 0 Å². The smallest absolute Gasteiger partial charge is 0.292 e. The molecule has 0 saturated heterocycles. The molecule has 7 heteroatoms. The zero-order valence-electron chi connectivity index (χ0n) is 14.4. The number of fused-ring (bicyclic) bond motifs is 1. The van der Waals surface area contributed by atoms with Crippen LogP contribution in [-0.2, 0) is 4.74 Å². The summed E-state index contributed by atoms with van der Waals surface area (Å²) in [6.45, 7) is 1.04. The Balaban J connectivity index is 1.85. The zero-order chi connectivity index (χ0) is 18.4. The van der Waals surface area contributed by atoms with Gasteiger partial charge in [0.15, 0.2) is 5.69 Å². The third-order valence-electron chi connectivity index (χ3n) is 3.81. The van der Waals surface area contributed by atoms with E-state index in [1.165, 1.54) is 0 Å². The lowest BCUT2D eigenvalue weighted by Crippen LogP contribution is -2.26. The Bertz CT molecular complexity index is 906. The van der Waals surface area contributed by atoms with Crippen molar-refractivity contribution in [3.8, 4) is 0 Å². The number of hydrogen-bond acceptors (Lipinski definition) is 4. The lowest BCUT2D eigenvalue weighted by molar-refractivity contribution is 0.0946. The largest absolute Gasteiger partial charge is 0.385 e. The summed E-state index contributed by atoms with van der Waals surface area (Å²) in [5.41, 5.74) is 1.46. The lowest BCUT2D eigenvalue weighted by atomic mass is 10.3. The van der Waals surface area contributed by atoms with Gasteiger partial charge in [-0.3, -0.25) is 14.0 Å². The highest BCUT2D eigenvalue weighted by molar-refractivity contribution is 6.06. The molecule has 0 aliphatic heterocycles. The minimum Gasteiger partial charge on any atom is -0.385 e. The van der Waals surface area contributed by atoms with E-state index in [9.17, 15) is 9.59 Å². The predicted octanol–water partition coefficient (Wildman–Crippen LogP) is 2.35. The lowest BCUT2D eigenvalue weighted by Gasteiger charge is -2.03. The Morgan fingerprint density at radius 2 is 1.85 bits per heavy atom. The average molecular weight is 352 g/mol. The number of rotatable bonds is 7. The van der Waals surface area contributed by atoms with Gasteiger partial charge in [0.05, 0.1) is 5.52 Å². The number of hydrogen-bond donors (Lipinski definition) is 2. The van der Waals surface area contributed by atoms with E-state index >= 15 is 0 Å². The molecule has 2 heterocycles. The summed E-state index contributed by atoms with van der Waals surface area (Å²) >= 11 is 0. The molecule has 0 unspecified atom stereocenters. The fourth-order valence-corrected chi connectivity index (χ4v) is 2.58. The number of methoxy groups -OCH3 is 1. The van der Waals surface area contributed by atoms with Crippen LogP contribution in [0.3, 0.4) is 0 Å². The van der Waals surface area contributed by atoms with Gasteiger partial charge in [-0.25, -0.2) is 4.98 Å². The summed E-state index contributed by atoms with van der Waals surface area (Å²) in [5, 5.41) is 5.59. The van der Waals surface area contributed by atoms with E-state index in [0.29, 0.717) is 30.8 Å². The van der Waals surface area contributed by atoms with Crippen LogP contribution in [-0.4, -0.2) is 41.5 Å². The number of para-hydroxylation sites is 1. The first-order valence-electron chi connectivity index (χ1n) is 8.31. The van der Waals surface area contributed by atoms with Crippen molar-refractivity contribution < 1.29 is 14.3 Å². The van der Waals surface area contributed by atoms with Crippen LogP contribution in [0.2, 0.25) is 0 Å². The highest BCUT2D eigenvalue weighted by Crippen LogP contribution is 2.15. The highest BCUT2D eigenvalue weighted by atomic mass is 16.5. The molecule has 3 rings (SSSR count). The fourth-order valence-electron chi connectivity index (χ4n) is 2.58. The number of imidazole rings is 1. The first-order valence-corrected chi connectivity index (χ1v) is 8.31. The Morgan fingerprint density at radius 3 is 2.62 bits per heavy atom. The van der Waals surface area contributed by atoms with E-state index in [0.717, 1.165) is 0 Å². The first-order chi connectivity index (χ1) is 12.7. The van der Waals surface area contributed by atoms with E-state index < -0.39 is 0 Å². The Kier molecular flexibility index (Phi) is 5.60. The van der Waals surface area contributed by atoms with Gasteiger partial charge in [0.25, 0.3) is 11.8 Å². The zero-order valence-corrected chi connectivity index (χ0v) is 14.4. The van der Waals surface area contributed by atoms with Crippen molar-refractivity contribution in [2.45, 2.75) is 6.42 Å². The first kappa shape index (κ1) is 17.6. The van der Waals surface area contributed by atoms with Crippen LogP contribution in [0.4, 0.5) is 5.69 Å². The van der Waals surface area contributed by atoms with E-state index in [2.05, 4.69) is 15.6 Å². The summed E-state index contributed by atoms with van der Waals surface area (Å²) < 4.78 is 6.58. The van der Waals surface area contributed by atoms with Crippen LogP contribution in [0.5, 0.6) is 0 Å². The van der Waals surface area contributed by atoms with Crippen LogP contribution < -0.4 is 10.6 Å². The number of carbonyl (C=O) groups is 2. The maximum atomic E-state index is 12.6. The molecule has 3 aromatic rings. The Morgan fingerprint density at radius 1 is 1.08 bits per heavy atom. The summed E-state index contributed by atoms with van der Waals surface area (Å²) in [4.78, 5) is 29.4. The molecule has 0 aliphatic rings. The normalized spacial score (nSPS) is 10.7. The van der Waals surface area contributed by atoms with Gasteiger partial charge < -0.3 is 15.4 Å². The van der Waals surface area contributed by atoms with Gasteiger partial charge >= 0.3 is 0 Å². The van der Waals surface area contributed by atoms with E-state index in [4.69, 9.17) is 4.74 Å². The fraction of sp³-hybridized carbons (Fsp3) is 0.211. The Labute approximate surface area is 151 Å². The monoisotopic (exact) mass is 352 g/mol. The van der Waals surface area contributed by atoms with Crippen molar-refractivity contribution in [2.75, 3.05) is 25.6 Å². The number of aromatic nitrogens is 2. The summed E-state index contributed by atoms with van der Waals surface area (Å²) in [5.74, 6) is -0.536. The second-order valence-electron chi connectivity index (χ2n) is 5.66. The van der Waals surface area contributed by atoms with Crippen molar-refractivity contribution >= 4 is 23.0 Å². The predicted molar refractivity (Wildman–Crippen MR) is 98.4 cm³/mol. The molecular formula is C19H20N4O3. The molecule has 0 spiro atoms. The van der Waals surface area contributed by atoms with Crippen molar-refractivity contribution in [1.29, 1.82) is 0 Å². The van der Waals surface area contributed by atoms with Crippen molar-refractivity contribution in [3.63, 3.8) is 0 Å². The van der Waals surface area contributed by atoms with E-state index in [1.54, 1.807) is 48.0 Å². The molecule has 0 saturated carbocycles. The molecule has 26 heavy (non-hydrogen) atoms. The van der Waals surface area contributed by atoms with Gasteiger partial charge in [0.2, 0.25) is 5.82 Å². The second-order valence-corrected chi connectivity index (χ2v) is 5.66. The Hall–Kier alpha value is -3.19. The number of ether oxygens (including phenoxy) is 1. The van der Waals surface area contributed by atoms with Gasteiger partial charge in [0, 0.05) is 32.1 Å². The third kappa shape index (κ3) is 3.89. The van der Waals surface area contributed by atoms with E-state index in [-0.39, 0.29) is 23.3 Å². The van der Waals surface area contributed by atoms with E-state index in [1.807, 2.05) is 18.2 Å². The van der Waals surface area contributed by atoms with Crippen LogP contribution in [0, 0.1) is 0 Å². The molecule has 0 bridgehead atoms. The molecule has 1 aromatic carbocycles. The minimum atomic E-state index is -0.379. The highest BCUT2D eigenvalue weighted by Gasteiger charge is 2.21. The molecule has 7 nitrogen and oxygen atoms in total. The maximum absolute atomic E-state index is 12.6. The standard InChI is InChI=1S/C19H20N4O3/c1-26-13-7-11-20-18(24)16-15-10-5-6-12-23(15)17(22-16)19(25)21-14-8-3-2-4-9-14/h2-6,8-10,12H,7,11,13H2,1H3,(H,20,24)(H,21,25). The quantitative estimate of drug-likeness (QED) is 0.639.